The Hall–Kier alpha value is -2.53. The maximum Gasteiger partial charge on any atom is 0.163 e. The third kappa shape index (κ3) is 4.73. The summed E-state index contributed by atoms with van der Waals surface area (Å²) in [6.45, 7) is 0.154. The summed E-state index contributed by atoms with van der Waals surface area (Å²) >= 11 is 0. The van der Waals surface area contributed by atoms with Gasteiger partial charge >= 0.3 is 0 Å². The molecular formula is C19H22O5. The van der Waals surface area contributed by atoms with Crippen LogP contribution in [0.1, 0.15) is 22.3 Å². The lowest BCUT2D eigenvalue weighted by Crippen LogP contribution is -2.04. The van der Waals surface area contributed by atoms with Crippen molar-refractivity contribution in [1.29, 1.82) is 0 Å². The second kappa shape index (κ2) is 8.93. The van der Waals surface area contributed by atoms with Gasteiger partial charge in [-0.25, -0.2) is 0 Å². The smallest absolute Gasteiger partial charge is 0.163 e. The zero-order valence-electron chi connectivity index (χ0n) is 14.0. The van der Waals surface area contributed by atoms with Gasteiger partial charge in [-0.05, 0) is 36.2 Å². The van der Waals surface area contributed by atoms with Crippen LogP contribution in [0.25, 0.3) is 0 Å². The normalized spacial score (nSPS) is 10.3. The van der Waals surface area contributed by atoms with E-state index in [9.17, 15) is 4.79 Å². The third-order valence-electron chi connectivity index (χ3n) is 3.60. The number of benzene rings is 2. The van der Waals surface area contributed by atoms with E-state index in [1.165, 1.54) is 0 Å². The van der Waals surface area contributed by atoms with E-state index in [0.29, 0.717) is 35.7 Å². The molecule has 24 heavy (non-hydrogen) atoms. The average molecular weight is 330 g/mol. The highest BCUT2D eigenvalue weighted by Gasteiger charge is 2.09. The minimum atomic E-state index is -0.0581. The first-order chi connectivity index (χ1) is 11.7. The number of aryl methyl sites for hydroxylation is 1. The first-order valence-electron chi connectivity index (χ1n) is 7.75. The van der Waals surface area contributed by atoms with Crippen LogP contribution in [0.5, 0.6) is 17.2 Å². The molecule has 0 bridgehead atoms. The van der Waals surface area contributed by atoms with Crippen LogP contribution in [0.3, 0.4) is 0 Å². The second-order valence-corrected chi connectivity index (χ2v) is 5.21. The van der Waals surface area contributed by atoms with Gasteiger partial charge in [-0.15, -0.1) is 0 Å². The molecule has 0 fully saturated rings. The molecule has 2 aromatic carbocycles. The van der Waals surface area contributed by atoms with Crippen LogP contribution in [-0.4, -0.2) is 38.3 Å². The summed E-state index contributed by atoms with van der Waals surface area (Å²) in [6, 6.07) is 12.6. The van der Waals surface area contributed by atoms with Gasteiger partial charge in [0.1, 0.15) is 12.4 Å². The Morgan fingerprint density at radius 2 is 1.83 bits per heavy atom. The first-order valence-corrected chi connectivity index (χ1v) is 7.75. The number of Topliss-reactive ketones (excluding diaryl/α,β-unsaturated/α-hetero) is 1. The third-order valence-corrected chi connectivity index (χ3v) is 3.60. The van der Waals surface area contributed by atoms with E-state index in [-0.39, 0.29) is 19.0 Å². The van der Waals surface area contributed by atoms with Crippen molar-refractivity contribution in [2.75, 3.05) is 27.4 Å². The number of carbonyl (C=O) groups is 1. The summed E-state index contributed by atoms with van der Waals surface area (Å²) in [6.07, 6.45) is 1.000. The highest BCUT2D eigenvalue weighted by atomic mass is 16.5. The van der Waals surface area contributed by atoms with Gasteiger partial charge in [-0.3, -0.25) is 4.79 Å². The van der Waals surface area contributed by atoms with Crippen LogP contribution in [-0.2, 0) is 6.42 Å². The van der Waals surface area contributed by atoms with E-state index in [1.54, 1.807) is 38.5 Å². The van der Waals surface area contributed by atoms with Gasteiger partial charge in [-0.2, -0.15) is 0 Å². The molecule has 1 N–H and O–H groups in total. The largest absolute Gasteiger partial charge is 0.493 e. The molecule has 0 aliphatic heterocycles. The lowest BCUT2D eigenvalue weighted by molar-refractivity contribution is 0.0982. The summed E-state index contributed by atoms with van der Waals surface area (Å²) in [5.41, 5.74) is 1.61. The Morgan fingerprint density at radius 3 is 2.54 bits per heavy atom. The van der Waals surface area contributed by atoms with Crippen LogP contribution >= 0.6 is 0 Å². The van der Waals surface area contributed by atoms with Gasteiger partial charge < -0.3 is 19.3 Å². The van der Waals surface area contributed by atoms with Gasteiger partial charge in [0, 0.05) is 12.0 Å². The van der Waals surface area contributed by atoms with Crippen molar-refractivity contribution in [3.63, 3.8) is 0 Å². The van der Waals surface area contributed by atoms with E-state index in [2.05, 4.69) is 0 Å². The Labute approximate surface area is 141 Å². The number of methoxy groups -OCH3 is 2. The molecule has 0 radical (unpaired) electrons. The first kappa shape index (κ1) is 17.8. The summed E-state index contributed by atoms with van der Waals surface area (Å²) in [7, 11) is 3.18. The van der Waals surface area contributed by atoms with E-state index >= 15 is 0 Å². The number of ketones is 1. The van der Waals surface area contributed by atoms with Gasteiger partial charge in [-0.1, -0.05) is 18.2 Å². The number of aliphatic hydroxyl groups excluding tert-OH is 1. The number of hydrogen-bond donors (Lipinski definition) is 1. The molecule has 2 aromatic rings. The molecule has 0 atom stereocenters. The van der Waals surface area contributed by atoms with Crippen molar-refractivity contribution in [3.8, 4) is 17.2 Å². The summed E-state index contributed by atoms with van der Waals surface area (Å²) in [4.78, 5) is 12.4. The molecule has 2 rings (SSSR count). The molecular weight excluding hydrogens is 308 g/mol. The lowest BCUT2D eigenvalue weighted by Gasteiger charge is -2.10. The standard InChI is InChI=1S/C19H22O5/c1-22-18-9-7-14(12-19(18)23-2)6-8-17(21)15-4-3-5-16(13-15)24-11-10-20/h3-5,7,9,12-13,20H,6,8,10-11H2,1-2H3. The molecule has 0 amide bonds. The number of hydrogen-bond acceptors (Lipinski definition) is 5. The van der Waals surface area contributed by atoms with Crippen molar-refractivity contribution in [2.45, 2.75) is 12.8 Å². The molecule has 0 aliphatic rings. The van der Waals surface area contributed by atoms with Crippen LogP contribution in [0.15, 0.2) is 42.5 Å². The van der Waals surface area contributed by atoms with Crippen LogP contribution < -0.4 is 14.2 Å². The fraction of sp³-hybridized carbons (Fsp3) is 0.316. The van der Waals surface area contributed by atoms with Crippen molar-refractivity contribution >= 4 is 5.78 Å². The van der Waals surface area contributed by atoms with E-state index in [1.807, 2.05) is 18.2 Å². The van der Waals surface area contributed by atoms with Crippen molar-refractivity contribution in [3.05, 3.63) is 53.6 Å². The Morgan fingerprint density at radius 1 is 1.04 bits per heavy atom. The molecule has 0 unspecified atom stereocenters. The van der Waals surface area contributed by atoms with Crippen LogP contribution in [0.2, 0.25) is 0 Å². The van der Waals surface area contributed by atoms with Crippen LogP contribution in [0, 0.1) is 0 Å². The maximum absolute atomic E-state index is 12.4. The van der Waals surface area contributed by atoms with E-state index < -0.39 is 0 Å². The van der Waals surface area contributed by atoms with Crippen molar-refractivity contribution < 1.29 is 24.1 Å². The minimum Gasteiger partial charge on any atom is -0.493 e. The second-order valence-electron chi connectivity index (χ2n) is 5.21. The molecule has 0 saturated carbocycles. The van der Waals surface area contributed by atoms with E-state index in [4.69, 9.17) is 19.3 Å². The highest BCUT2D eigenvalue weighted by molar-refractivity contribution is 5.96. The van der Waals surface area contributed by atoms with Gasteiger partial charge in [0.2, 0.25) is 0 Å². The Balaban J connectivity index is 2.00. The minimum absolute atomic E-state index is 0.0410. The fourth-order valence-electron chi connectivity index (χ4n) is 2.36. The summed E-state index contributed by atoms with van der Waals surface area (Å²) < 4.78 is 15.8. The van der Waals surface area contributed by atoms with E-state index in [0.717, 1.165) is 5.56 Å². The zero-order valence-corrected chi connectivity index (χ0v) is 14.0. The SMILES string of the molecule is COc1ccc(CCC(=O)c2cccc(OCCO)c2)cc1OC. The molecule has 0 aromatic heterocycles. The Bertz CT molecular complexity index is 681. The van der Waals surface area contributed by atoms with Gasteiger partial charge in [0.15, 0.2) is 17.3 Å². The number of ether oxygens (including phenoxy) is 3. The number of rotatable bonds is 9. The molecule has 0 saturated heterocycles. The predicted octanol–water partition coefficient (Wildman–Crippen LogP) is 2.89. The van der Waals surface area contributed by atoms with Crippen molar-refractivity contribution in [1.82, 2.24) is 0 Å². The quantitative estimate of drug-likeness (QED) is 0.716. The van der Waals surface area contributed by atoms with Gasteiger partial charge in [0.05, 0.1) is 20.8 Å². The number of carbonyl (C=O) groups excluding carboxylic acids is 1. The summed E-state index contributed by atoms with van der Waals surface area (Å²) in [5, 5.41) is 8.79. The molecule has 0 spiro atoms. The Kier molecular flexibility index (Phi) is 6.63. The molecule has 0 aliphatic carbocycles. The van der Waals surface area contributed by atoms with Crippen LogP contribution in [0.4, 0.5) is 0 Å². The number of aliphatic hydroxyl groups is 1. The lowest BCUT2D eigenvalue weighted by atomic mass is 10.0. The zero-order chi connectivity index (χ0) is 17.4. The topological polar surface area (TPSA) is 65.0 Å². The highest BCUT2D eigenvalue weighted by Crippen LogP contribution is 2.28. The van der Waals surface area contributed by atoms with Crippen molar-refractivity contribution in [2.24, 2.45) is 0 Å². The monoisotopic (exact) mass is 330 g/mol. The fourth-order valence-corrected chi connectivity index (χ4v) is 2.36. The maximum atomic E-state index is 12.4. The van der Waals surface area contributed by atoms with Gasteiger partial charge in [0.25, 0.3) is 0 Å². The molecule has 5 heteroatoms. The molecule has 0 heterocycles. The summed E-state index contributed by atoms with van der Waals surface area (Å²) in [5.74, 6) is 1.95. The average Bonchev–Trinajstić information content (AvgIpc) is 2.64. The molecule has 128 valence electrons. The molecule has 5 nitrogen and oxygen atoms in total. The predicted molar refractivity (Wildman–Crippen MR) is 91.2 cm³/mol.